The Labute approximate surface area is 150 Å². The van der Waals surface area contributed by atoms with E-state index in [2.05, 4.69) is 4.98 Å². The number of carbonyl (C=O) groups excluding carboxylic acids is 2. The highest BCUT2D eigenvalue weighted by Gasteiger charge is 2.22. The maximum atomic E-state index is 13.0. The van der Waals surface area contributed by atoms with Gasteiger partial charge < -0.3 is 9.80 Å². The fourth-order valence-corrected chi connectivity index (χ4v) is 3.63. The third-order valence-corrected chi connectivity index (χ3v) is 5.23. The minimum atomic E-state index is -0.269. The molecule has 2 heterocycles. The van der Waals surface area contributed by atoms with Crippen molar-refractivity contribution < 1.29 is 14.0 Å². The zero-order valence-corrected chi connectivity index (χ0v) is 14.9. The third-order valence-electron chi connectivity index (χ3n) is 4.32. The maximum absolute atomic E-state index is 13.0. The van der Waals surface area contributed by atoms with Gasteiger partial charge in [-0.15, -0.1) is 11.3 Å². The van der Waals surface area contributed by atoms with Crippen molar-refractivity contribution in [3.8, 4) is 11.3 Å². The Morgan fingerprint density at radius 1 is 1.12 bits per heavy atom. The lowest BCUT2D eigenvalue weighted by atomic mass is 10.2. The summed E-state index contributed by atoms with van der Waals surface area (Å²) in [6.45, 7) is 3.95. The fraction of sp³-hybridized carbons (Fsp3) is 0.389. The van der Waals surface area contributed by atoms with E-state index in [4.69, 9.17) is 0 Å². The average Bonchev–Trinajstić information content (AvgIpc) is 3.09. The number of aryl methyl sites for hydroxylation is 1. The summed E-state index contributed by atoms with van der Waals surface area (Å²) < 4.78 is 13.0. The molecular weight excluding hydrogens is 341 g/mol. The predicted octanol–water partition coefficient (Wildman–Crippen LogP) is 2.57. The summed E-state index contributed by atoms with van der Waals surface area (Å²) in [5, 5.41) is 2.83. The van der Waals surface area contributed by atoms with Crippen molar-refractivity contribution in [3.63, 3.8) is 0 Å². The van der Waals surface area contributed by atoms with E-state index < -0.39 is 0 Å². The molecule has 5 nitrogen and oxygen atoms in total. The molecule has 0 N–H and O–H groups in total. The lowest BCUT2D eigenvalue weighted by molar-refractivity contribution is -0.138. The molecule has 3 rings (SSSR count). The quantitative estimate of drug-likeness (QED) is 0.841. The van der Waals surface area contributed by atoms with Gasteiger partial charge in [0.15, 0.2) is 0 Å². The highest BCUT2D eigenvalue weighted by molar-refractivity contribution is 7.09. The van der Waals surface area contributed by atoms with E-state index in [0.717, 1.165) is 16.3 Å². The molecule has 0 radical (unpaired) electrons. The molecule has 1 fully saturated rings. The highest BCUT2D eigenvalue weighted by Crippen LogP contribution is 2.23. The largest absolute Gasteiger partial charge is 0.339 e. The number of hydrogen-bond donors (Lipinski definition) is 0. The number of benzene rings is 1. The number of nitrogens with zero attached hydrogens (tertiary/aromatic N) is 3. The van der Waals surface area contributed by atoms with Crippen LogP contribution in [0.1, 0.15) is 18.4 Å². The molecule has 25 heavy (non-hydrogen) atoms. The van der Waals surface area contributed by atoms with Gasteiger partial charge in [0.2, 0.25) is 11.8 Å². The number of halogens is 1. The van der Waals surface area contributed by atoms with Crippen LogP contribution in [0.15, 0.2) is 29.6 Å². The Balaban J connectivity index is 1.51. The Morgan fingerprint density at radius 3 is 2.40 bits per heavy atom. The molecule has 1 aromatic heterocycles. The third kappa shape index (κ3) is 4.42. The highest BCUT2D eigenvalue weighted by atomic mass is 32.1. The monoisotopic (exact) mass is 361 g/mol. The smallest absolute Gasteiger partial charge is 0.223 e. The molecule has 2 amide bonds. The SMILES string of the molecule is CC(=O)N1CCN(C(=O)CCc2nc(-c3ccc(F)cc3)cs2)CC1. The molecule has 0 bridgehead atoms. The number of amides is 2. The molecule has 0 aliphatic carbocycles. The second-order valence-corrected chi connectivity index (χ2v) is 6.96. The van der Waals surface area contributed by atoms with Crippen LogP contribution >= 0.6 is 11.3 Å². The normalized spacial score (nSPS) is 14.6. The van der Waals surface area contributed by atoms with Crippen LogP contribution in [0.25, 0.3) is 11.3 Å². The minimum Gasteiger partial charge on any atom is -0.339 e. The number of rotatable bonds is 4. The molecule has 1 saturated heterocycles. The molecule has 0 unspecified atom stereocenters. The van der Waals surface area contributed by atoms with Crippen molar-refractivity contribution in [3.05, 3.63) is 40.5 Å². The topological polar surface area (TPSA) is 53.5 Å². The van der Waals surface area contributed by atoms with Gasteiger partial charge in [-0.1, -0.05) is 0 Å². The second-order valence-electron chi connectivity index (χ2n) is 6.02. The Bertz CT molecular complexity index is 752. The summed E-state index contributed by atoms with van der Waals surface area (Å²) in [5.41, 5.74) is 1.68. The number of hydrogen-bond acceptors (Lipinski definition) is 4. The van der Waals surface area contributed by atoms with E-state index in [1.807, 2.05) is 10.3 Å². The standard InChI is InChI=1S/C18H20FN3O2S/c1-13(23)21-8-10-22(11-9-21)18(24)7-6-17-20-16(12-25-17)14-2-4-15(19)5-3-14/h2-5,12H,6-11H2,1H3. The lowest BCUT2D eigenvalue weighted by Crippen LogP contribution is -2.50. The van der Waals surface area contributed by atoms with E-state index >= 15 is 0 Å². The van der Waals surface area contributed by atoms with Gasteiger partial charge in [0.25, 0.3) is 0 Å². The Morgan fingerprint density at radius 2 is 1.76 bits per heavy atom. The Kier molecular flexibility index (Phi) is 5.43. The molecule has 1 aliphatic heterocycles. The summed E-state index contributed by atoms with van der Waals surface area (Å²) in [6.07, 6.45) is 1.01. The van der Waals surface area contributed by atoms with Gasteiger partial charge in [-0.05, 0) is 24.3 Å². The van der Waals surface area contributed by atoms with Crippen molar-refractivity contribution in [1.29, 1.82) is 0 Å². The molecule has 0 spiro atoms. The first-order valence-electron chi connectivity index (χ1n) is 8.26. The summed E-state index contributed by atoms with van der Waals surface area (Å²) in [4.78, 5) is 31.8. The van der Waals surface area contributed by atoms with Gasteiger partial charge in [0.05, 0.1) is 10.7 Å². The first-order chi connectivity index (χ1) is 12.0. The first kappa shape index (κ1) is 17.5. The molecule has 132 valence electrons. The molecule has 1 aliphatic rings. The zero-order chi connectivity index (χ0) is 17.8. The molecule has 2 aromatic rings. The maximum Gasteiger partial charge on any atom is 0.223 e. The van der Waals surface area contributed by atoms with Crippen LogP contribution in [0, 0.1) is 5.82 Å². The molecule has 0 saturated carbocycles. The van der Waals surface area contributed by atoms with E-state index in [9.17, 15) is 14.0 Å². The van der Waals surface area contributed by atoms with Crippen molar-refractivity contribution in [1.82, 2.24) is 14.8 Å². The van der Waals surface area contributed by atoms with E-state index in [0.29, 0.717) is 39.0 Å². The van der Waals surface area contributed by atoms with Crippen LogP contribution in [0.5, 0.6) is 0 Å². The first-order valence-corrected chi connectivity index (χ1v) is 9.14. The lowest BCUT2D eigenvalue weighted by Gasteiger charge is -2.34. The van der Waals surface area contributed by atoms with Crippen molar-refractivity contribution in [2.24, 2.45) is 0 Å². The molecule has 1 aromatic carbocycles. The number of piperazine rings is 1. The predicted molar refractivity (Wildman–Crippen MR) is 94.7 cm³/mol. The van der Waals surface area contributed by atoms with Crippen LogP contribution < -0.4 is 0 Å². The van der Waals surface area contributed by atoms with E-state index in [1.54, 1.807) is 24.0 Å². The van der Waals surface area contributed by atoms with Gasteiger partial charge >= 0.3 is 0 Å². The minimum absolute atomic E-state index is 0.0585. The van der Waals surface area contributed by atoms with Gasteiger partial charge in [-0.2, -0.15) is 0 Å². The number of carbonyl (C=O) groups is 2. The van der Waals surface area contributed by atoms with Crippen LogP contribution in [0.2, 0.25) is 0 Å². The van der Waals surface area contributed by atoms with Gasteiger partial charge in [0, 0.05) is 56.9 Å². The summed E-state index contributed by atoms with van der Waals surface area (Å²) in [5.74, 6) is -0.111. The Hall–Kier alpha value is -2.28. The van der Waals surface area contributed by atoms with Gasteiger partial charge in [-0.3, -0.25) is 9.59 Å². The van der Waals surface area contributed by atoms with Crippen LogP contribution in [-0.4, -0.2) is 52.8 Å². The van der Waals surface area contributed by atoms with Crippen molar-refractivity contribution in [2.45, 2.75) is 19.8 Å². The van der Waals surface area contributed by atoms with Crippen molar-refractivity contribution in [2.75, 3.05) is 26.2 Å². The van der Waals surface area contributed by atoms with E-state index in [1.165, 1.54) is 23.5 Å². The number of thiazole rings is 1. The zero-order valence-electron chi connectivity index (χ0n) is 14.1. The van der Waals surface area contributed by atoms with Crippen molar-refractivity contribution >= 4 is 23.2 Å². The van der Waals surface area contributed by atoms with Crippen LogP contribution in [0.4, 0.5) is 4.39 Å². The van der Waals surface area contributed by atoms with Crippen LogP contribution in [0.3, 0.4) is 0 Å². The van der Waals surface area contributed by atoms with E-state index in [-0.39, 0.29) is 17.6 Å². The summed E-state index contributed by atoms with van der Waals surface area (Å²) in [7, 11) is 0. The average molecular weight is 361 g/mol. The summed E-state index contributed by atoms with van der Waals surface area (Å²) >= 11 is 1.51. The van der Waals surface area contributed by atoms with Gasteiger partial charge in [0.1, 0.15) is 5.82 Å². The number of aromatic nitrogens is 1. The molecule has 0 atom stereocenters. The summed E-state index contributed by atoms with van der Waals surface area (Å²) in [6, 6.07) is 6.23. The van der Waals surface area contributed by atoms with Gasteiger partial charge in [-0.25, -0.2) is 9.37 Å². The molecular formula is C18H20FN3O2S. The fourth-order valence-electron chi connectivity index (χ4n) is 2.82. The second kappa shape index (κ2) is 7.74. The molecule has 7 heteroatoms. The van der Waals surface area contributed by atoms with Crippen LogP contribution in [-0.2, 0) is 16.0 Å².